The van der Waals surface area contributed by atoms with Gasteiger partial charge in [0.1, 0.15) is 5.69 Å². The summed E-state index contributed by atoms with van der Waals surface area (Å²) in [6, 6.07) is 0.171. The van der Waals surface area contributed by atoms with Crippen LogP contribution in [0.25, 0.3) is 0 Å². The summed E-state index contributed by atoms with van der Waals surface area (Å²) in [5.41, 5.74) is 0.344. The lowest BCUT2D eigenvalue weighted by Gasteiger charge is -2.15. The highest BCUT2D eigenvalue weighted by Crippen LogP contribution is 2.35. The third-order valence-electron chi connectivity index (χ3n) is 3.34. The molecule has 1 unspecified atom stereocenters. The van der Waals surface area contributed by atoms with Gasteiger partial charge in [0.05, 0.1) is 4.92 Å². The lowest BCUT2D eigenvalue weighted by molar-refractivity contribution is -0.385. The van der Waals surface area contributed by atoms with Gasteiger partial charge in [-0.25, -0.2) is 4.98 Å². The summed E-state index contributed by atoms with van der Waals surface area (Å²) >= 11 is 0. The van der Waals surface area contributed by atoms with Gasteiger partial charge in [-0.2, -0.15) is 4.98 Å². The van der Waals surface area contributed by atoms with Crippen LogP contribution in [0.4, 0.5) is 17.5 Å². The number of rotatable bonds is 7. The first-order valence-corrected chi connectivity index (χ1v) is 7.04. The molecule has 0 amide bonds. The van der Waals surface area contributed by atoms with Crippen molar-refractivity contribution in [3.05, 3.63) is 15.8 Å². The van der Waals surface area contributed by atoms with Gasteiger partial charge in [0.25, 0.3) is 0 Å². The van der Waals surface area contributed by atoms with Crippen LogP contribution in [0.5, 0.6) is 0 Å². The number of hydrogen-bond donors (Lipinski definition) is 2. The minimum atomic E-state index is -0.419. The van der Waals surface area contributed by atoms with E-state index in [1.165, 1.54) is 12.8 Å². The summed E-state index contributed by atoms with van der Waals surface area (Å²) < 4.78 is 0. The van der Waals surface area contributed by atoms with E-state index in [9.17, 15) is 10.1 Å². The molecule has 0 bridgehead atoms. The molecule has 0 aliphatic heterocycles. The largest absolute Gasteiger partial charge is 0.362 e. The maximum Gasteiger partial charge on any atom is 0.332 e. The summed E-state index contributed by atoms with van der Waals surface area (Å²) in [4.78, 5) is 19.1. The van der Waals surface area contributed by atoms with E-state index >= 15 is 0 Å². The Kier molecular flexibility index (Phi) is 4.36. The van der Waals surface area contributed by atoms with E-state index in [4.69, 9.17) is 0 Å². The zero-order chi connectivity index (χ0) is 14.7. The van der Waals surface area contributed by atoms with Crippen molar-refractivity contribution in [2.75, 3.05) is 17.2 Å². The fourth-order valence-corrected chi connectivity index (χ4v) is 2.27. The molecule has 1 heterocycles. The Hall–Kier alpha value is -1.92. The first kappa shape index (κ1) is 14.5. The molecule has 110 valence electrons. The van der Waals surface area contributed by atoms with Crippen LogP contribution >= 0.6 is 0 Å². The Balaban J connectivity index is 2.23. The van der Waals surface area contributed by atoms with Crippen LogP contribution in [-0.4, -0.2) is 27.5 Å². The van der Waals surface area contributed by atoms with Gasteiger partial charge in [0.2, 0.25) is 11.8 Å². The van der Waals surface area contributed by atoms with Gasteiger partial charge in [-0.15, -0.1) is 0 Å². The zero-order valence-corrected chi connectivity index (χ0v) is 12.1. The van der Waals surface area contributed by atoms with Crippen molar-refractivity contribution in [1.29, 1.82) is 0 Å². The lowest BCUT2D eigenvalue weighted by atomic mass is 10.1. The van der Waals surface area contributed by atoms with E-state index in [1.54, 1.807) is 6.92 Å². The highest BCUT2D eigenvalue weighted by atomic mass is 16.6. The molecular weight excluding hydrogens is 258 g/mol. The summed E-state index contributed by atoms with van der Waals surface area (Å²) in [7, 11) is 0. The number of nitro groups is 1. The van der Waals surface area contributed by atoms with Crippen LogP contribution in [0.2, 0.25) is 0 Å². The van der Waals surface area contributed by atoms with Gasteiger partial charge in [-0.05, 0) is 33.1 Å². The highest BCUT2D eigenvalue weighted by Gasteiger charge is 2.27. The average Bonchev–Trinajstić information content (AvgIpc) is 3.11. The predicted molar refractivity (Wildman–Crippen MR) is 78.0 cm³/mol. The first-order chi connectivity index (χ1) is 9.51. The SMILES string of the molecule is CCNc1nc(C)c([N+](=O)[O-])c(NC(C)CC2CC2)n1. The van der Waals surface area contributed by atoms with Crippen LogP contribution < -0.4 is 10.6 Å². The molecule has 20 heavy (non-hydrogen) atoms. The van der Waals surface area contributed by atoms with E-state index in [1.807, 2.05) is 13.8 Å². The summed E-state index contributed by atoms with van der Waals surface area (Å²) in [5.74, 6) is 1.50. The second-order valence-corrected chi connectivity index (χ2v) is 5.34. The van der Waals surface area contributed by atoms with E-state index in [0.717, 1.165) is 12.3 Å². The molecule has 0 radical (unpaired) electrons. The monoisotopic (exact) mass is 279 g/mol. The maximum atomic E-state index is 11.2. The number of aryl methyl sites for hydroxylation is 1. The molecule has 1 fully saturated rings. The molecule has 0 saturated heterocycles. The number of aromatic nitrogens is 2. The zero-order valence-electron chi connectivity index (χ0n) is 12.1. The van der Waals surface area contributed by atoms with Gasteiger partial charge in [-0.3, -0.25) is 10.1 Å². The van der Waals surface area contributed by atoms with Crippen LogP contribution in [0.1, 0.15) is 38.8 Å². The highest BCUT2D eigenvalue weighted by molar-refractivity contribution is 5.61. The van der Waals surface area contributed by atoms with E-state index in [2.05, 4.69) is 20.6 Å². The second-order valence-electron chi connectivity index (χ2n) is 5.34. The van der Waals surface area contributed by atoms with Crippen molar-refractivity contribution in [2.24, 2.45) is 5.92 Å². The maximum absolute atomic E-state index is 11.2. The number of nitrogens with zero attached hydrogens (tertiary/aromatic N) is 3. The molecule has 1 atom stereocenters. The molecule has 1 aliphatic carbocycles. The summed E-state index contributed by atoms with van der Waals surface area (Å²) in [5, 5.41) is 17.4. The minimum Gasteiger partial charge on any atom is -0.362 e. The topological polar surface area (TPSA) is 93.0 Å². The van der Waals surface area contributed by atoms with Crippen LogP contribution in [-0.2, 0) is 0 Å². The molecule has 1 aromatic rings. The molecule has 0 aromatic carbocycles. The molecule has 0 spiro atoms. The van der Waals surface area contributed by atoms with Crippen molar-refractivity contribution in [3.8, 4) is 0 Å². The van der Waals surface area contributed by atoms with Gasteiger partial charge in [0, 0.05) is 12.6 Å². The third kappa shape index (κ3) is 3.55. The Morgan fingerprint density at radius 3 is 2.70 bits per heavy atom. The third-order valence-corrected chi connectivity index (χ3v) is 3.34. The Labute approximate surface area is 118 Å². The van der Waals surface area contributed by atoms with E-state index in [0.29, 0.717) is 24.0 Å². The van der Waals surface area contributed by atoms with Gasteiger partial charge >= 0.3 is 5.69 Å². The summed E-state index contributed by atoms with van der Waals surface area (Å²) in [6.07, 6.45) is 3.55. The fourth-order valence-electron chi connectivity index (χ4n) is 2.27. The molecule has 1 aliphatic rings. The van der Waals surface area contributed by atoms with Crippen LogP contribution in [0.3, 0.4) is 0 Å². The van der Waals surface area contributed by atoms with E-state index in [-0.39, 0.29) is 11.7 Å². The Bertz CT molecular complexity index is 502. The molecule has 2 N–H and O–H groups in total. The molecule has 1 aromatic heterocycles. The number of anilines is 2. The van der Waals surface area contributed by atoms with Crippen LogP contribution in [0.15, 0.2) is 0 Å². The molecular formula is C13H21N5O2. The van der Waals surface area contributed by atoms with Crippen molar-refractivity contribution in [3.63, 3.8) is 0 Å². The van der Waals surface area contributed by atoms with Crippen molar-refractivity contribution < 1.29 is 4.92 Å². The van der Waals surface area contributed by atoms with Gasteiger partial charge in [-0.1, -0.05) is 12.8 Å². The fraction of sp³-hybridized carbons (Fsp3) is 0.692. The Morgan fingerprint density at radius 2 is 2.15 bits per heavy atom. The van der Waals surface area contributed by atoms with Gasteiger partial charge in [0.15, 0.2) is 0 Å². The van der Waals surface area contributed by atoms with E-state index < -0.39 is 4.92 Å². The average molecular weight is 279 g/mol. The Morgan fingerprint density at radius 1 is 1.45 bits per heavy atom. The summed E-state index contributed by atoms with van der Waals surface area (Å²) in [6.45, 7) is 6.28. The molecule has 7 nitrogen and oxygen atoms in total. The molecule has 2 rings (SSSR count). The van der Waals surface area contributed by atoms with Crippen molar-refractivity contribution in [2.45, 2.75) is 46.1 Å². The van der Waals surface area contributed by atoms with Crippen molar-refractivity contribution >= 4 is 17.5 Å². The first-order valence-electron chi connectivity index (χ1n) is 7.04. The molecule has 1 saturated carbocycles. The second kappa shape index (κ2) is 6.02. The van der Waals surface area contributed by atoms with Crippen LogP contribution in [0, 0.1) is 23.0 Å². The number of hydrogen-bond acceptors (Lipinski definition) is 6. The van der Waals surface area contributed by atoms with Gasteiger partial charge < -0.3 is 10.6 Å². The minimum absolute atomic E-state index is 0.0331. The number of nitrogens with one attached hydrogen (secondary N) is 2. The predicted octanol–water partition coefficient (Wildman–Crippen LogP) is 2.73. The normalized spacial score (nSPS) is 15.8. The molecule has 7 heteroatoms. The quantitative estimate of drug-likeness (QED) is 0.589. The lowest BCUT2D eigenvalue weighted by Crippen LogP contribution is -2.19. The van der Waals surface area contributed by atoms with Crippen molar-refractivity contribution in [1.82, 2.24) is 9.97 Å². The standard InChI is InChI=1S/C13H21N5O2/c1-4-14-13-16-9(3)11(18(19)20)12(17-13)15-8(2)7-10-5-6-10/h8,10H,4-7H2,1-3H3,(H2,14,15,16,17). The smallest absolute Gasteiger partial charge is 0.332 e.